The van der Waals surface area contributed by atoms with E-state index in [9.17, 15) is 9.18 Å². The van der Waals surface area contributed by atoms with Crippen molar-refractivity contribution in [3.8, 4) is 11.1 Å². The van der Waals surface area contributed by atoms with Crippen LogP contribution in [0.4, 0.5) is 4.39 Å². The lowest BCUT2D eigenvalue weighted by atomic mass is 9.98. The van der Waals surface area contributed by atoms with Gasteiger partial charge in [-0.15, -0.1) is 0 Å². The molecule has 3 heteroatoms. The first kappa shape index (κ1) is 11.5. The van der Waals surface area contributed by atoms with Gasteiger partial charge in [0.15, 0.2) is 0 Å². The van der Waals surface area contributed by atoms with Crippen molar-refractivity contribution in [2.24, 2.45) is 0 Å². The van der Waals surface area contributed by atoms with Crippen LogP contribution >= 0.6 is 0 Å². The quantitative estimate of drug-likeness (QED) is 0.647. The van der Waals surface area contributed by atoms with E-state index in [2.05, 4.69) is 4.98 Å². The summed E-state index contributed by atoms with van der Waals surface area (Å²) in [5, 5.41) is 1.86. The summed E-state index contributed by atoms with van der Waals surface area (Å²) in [4.78, 5) is 14.9. The fraction of sp³-hybridized carbons (Fsp3) is 0. The molecule has 0 atom stereocenters. The number of nitrogens with zero attached hydrogens (tertiary/aromatic N) is 1. The first-order chi connectivity index (χ1) is 9.29. The van der Waals surface area contributed by atoms with Crippen molar-refractivity contribution in [1.29, 1.82) is 0 Å². The zero-order valence-corrected chi connectivity index (χ0v) is 10.0. The number of aldehydes is 1. The molecule has 0 aliphatic rings. The summed E-state index contributed by atoms with van der Waals surface area (Å²) in [5.41, 5.74) is 1.66. The molecule has 0 unspecified atom stereocenters. The lowest BCUT2D eigenvalue weighted by Gasteiger charge is -2.08. The zero-order chi connectivity index (χ0) is 13.2. The standard InChI is InChI=1S/C16H10FNO/c17-16-5-4-11(10-19)8-15(16)14-3-1-2-12-9-18-7-6-13(12)14/h1-10H. The van der Waals surface area contributed by atoms with Crippen LogP contribution in [0.3, 0.4) is 0 Å². The number of hydrogen-bond acceptors (Lipinski definition) is 2. The van der Waals surface area contributed by atoms with Gasteiger partial charge in [0, 0.05) is 28.9 Å². The van der Waals surface area contributed by atoms with Crippen LogP contribution in [0, 0.1) is 5.82 Å². The third-order valence-corrected chi connectivity index (χ3v) is 3.10. The van der Waals surface area contributed by atoms with E-state index in [1.807, 2.05) is 24.3 Å². The van der Waals surface area contributed by atoms with Gasteiger partial charge < -0.3 is 0 Å². The van der Waals surface area contributed by atoms with Crippen molar-refractivity contribution in [1.82, 2.24) is 4.98 Å². The molecule has 0 aliphatic carbocycles. The molecular formula is C16H10FNO. The molecule has 19 heavy (non-hydrogen) atoms. The van der Waals surface area contributed by atoms with Crippen LogP contribution < -0.4 is 0 Å². The molecule has 2 aromatic carbocycles. The van der Waals surface area contributed by atoms with Gasteiger partial charge in [-0.05, 0) is 35.2 Å². The van der Waals surface area contributed by atoms with Crippen molar-refractivity contribution in [3.05, 3.63) is 66.2 Å². The second-order valence-electron chi connectivity index (χ2n) is 4.26. The van der Waals surface area contributed by atoms with Gasteiger partial charge in [0.25, 0.3) is 0 Å². The molecule has 0 N–H and O–H groups in total. The summed E-state index contributed by atoms with van der Waals surface area (Å²) in [6, 6.07) is 11.8. The van der Waals surface area contributed by atoms with Crippen molar-refractivity contribution in [2.45, 2.75) is 0 Å². The molecule has 3 aromatic rings. The minimum atomic E-state index is -0.338. The van der Waals surface area contributed by atoms with Gasteiger partial charge in [-0.25, -0.2) is 4.39 Å². The number of fused-ring (bicyclic) bond motifs is 1. The first-order valence-corrected chi connectivity index (χ1v) is 5.87. The van der Waals surface area contributed by atoms with Crippen molar-refractivity contribution in [2.75, 3.05) is 0 Å². The Balaban J connectivity index is 2.33. The van der Waals surface area contributed by atoms with Crippen molar-refractivity contribution in [3.63, 3.8) is 0 Å². The highest BCUT2D eigenvalue weighted by Gasteiger charge is 2.09. The fourth-order valence-corrected chi connectivity index (χ4v) is 2.18. The lowest BCUT2D eigenvalue weighted by Crippen LogP contribution is -1.89. The maximum Gasteiger partial charge on any atom is 0.150 e. The van der Waals surface area contributed by atoms with Crippen LogP contribution in [0.25, 0.3) is 21.9 Å². The average molecular weight is 251 g/mol. The molecule has 92 valence electrons. The summed E-state index contributed by atoms with van der Waals surface area (Å²) in [6.45, 7) is 0. The van der Waals surface area contributed by atoms with E-state index in [1.165, 1.54) is 12.1 Å². The van der Waals surface area contributed by atoms with E-state index in [4.69, 9.17) is 0 Å². The first-order valence-electron chi connectivity index (χ1n) is 5.87. The third kappa shape index (κ3) is 1.99. The van der Waals surface area contributed by atoms with Gasteiger partial charge in [-0.1, -0.05) is 18.2 Å². The van der Waals surface area contributed by atoms with E-state index < -0.39 is 0 Å². The third-order valence-electron chi connectivity index (χ3n) is 3.10. The topological polar surface area (TPSA) is 30.0 Å². The van der Waals surface area contributed by atoms with Crippen LogP contribution in [-0.4, -0.2) is 11.3 Å². The molecule has 1 aromatic heterocycles. The second kappa shape index (κ2) is 4.61. The second-order valence-corrected chi connectivity index (χ2v) is 4.26. The molecule has 0 bridgehead atoms. The summed E-state index contributed by atoms with van der Waals surface area (Å²) >= 11 is 0. The Bertz CT molecular complexity index is 762. The van der Waals surface area contributed by atoms with E-state index in [1.54, 1.807) is 18.5 Å². The number of carbonyl (C=O) groups is 1. The van der Waals surface area contributed by atoms with Crippen LogP contribution in [-0.2, 0) is 0 Å². The number of halogens is 1. The summed E-state index contributed by atoms with van der Waals surface area (Å²) in [5.74, 6) is -0.338. The molecule has 1 heterocycles. The van der Waals surface area contributed by atoms with Crippen molar-refractivity contribution >= 4 is 17.1 Å². The molecule has 0 radical (unpaired) electrons. The van der Waals surface area contributed by atoms with Crippen molar-refractivity contribution < 1.29 is 9.18 Å². The normalized spacial score (nSPS) is 10.6. The van der Waals surface area contributed by atoms with Gasteiger partial charge in [0.05, 0.1) is 0 Å². The lowest BCUT2D eigenvalue weighted by molar-refractivity contribution is 0.112. The molecule has 0 saturated carbocycles. The Labute approximate surface area is 109 Å². The summed E-state index contributed by atoms with van der Waals surface area (Å²) in [6.07, 6.45) is 4.13. The number of benzene rings is 2. The van der Waals surface area contributed by atoms with Gasteiger partial charge in [0.1, 0.15) is 12.1 Å². The maximum atomic E-state index is 14.0. The van der Waals surface area contributed by atoms with Gasteiger partial charge in [0.2, 0.25) is 0 Å². The van der Waals surface area contributed by atoms with E-state index in [0.29, 0.717) is 11.1 Å². The highest BCUT2D eigenvalue weighted by Crippen LogP contribution is 2.30. The van der Waals surface area contributed by atoms with Crippen LogP contribution in [0.1, 0.15) is 10.4 Å². The molecule has 2 nitrogen and oxygen atoms in total. The van der Waals surface area contributed by atoms with E-state index in [0.717, 1.165) is 22.6 Å². The van der Waals surface area contributed by atoms with Gasteiger partial charge in [-0.2, -0.15) is 0 Å². The predicted molar refractivity (Wildman–Crippen MR) is 72.5 cm³/mol. The number of hydrogen-bond donors (Lipinski definition) is 0. The summed E-state index contributed by atoms with van der Waals surface area (Å²) in [7, 11) is 0. The highest BCUT2D eigenvalue weighted by molar-refractivity contribution is 5.97. The fourth-order valence-electron chi connectivity index (χ4n) is 2.18. The Morgan fingerprint density at radius 3 is 2.79 bits per heavy atom. The Hall–Kier alpha value is -2.55. The molecule has 0 fully saturated rings. The number of aromatic nitrogens is 1. The highest BCUT2D eigenvalue weighted by atomic mass is 19.1. The number of pyridine rings is 1. The monoisotopic (exact) mass is 251 g/mol. The molecule has 0 amide bonds. The minimum absolute atomic E-state index is 0.338. The minimum Gasteiger partial charge on any atom is -0.298 e. The molecule has 3 rings (SSSR count). The number of carbonyl (C=O) groups excluding carboxylic acids is 1. The smallest absolute Gasteiger partial charge is 0.150 e. The van der Waals surface area contributed by atoms with Gasteiger partial charge in [-0.3, -0.25) is 9.78 Å². The maximum absolute atomic E-state index is 14.0. The number of rotatable bonds is 2. The van der Waals surface area contributed by atoms with Crippen LogP contribution in [0.5, 0.6) is 0 Å². The largest absolute Gasteiger partial charge is 0.298 e. The summed E-state index contributed by atoms with van der Waals surface area (Å²) < 4.78 is 14.0. The Morgan fingerprint density at radius 1 is 1.05 bits per heavy atom. The Morgan fingerprint density at radius 2 is 1.95 bits per heavy atom. The van der Waals surface area contributed by atoms with Crippen LogP contribution in [0.15, 0.2) is 54.9 Å². The predicted octanol–water partition coefficient (Wildman–Crippen LogP) is 3.85. The SMILES string of the molecule is O=Cc1ccc(F)c(-c2cccc3cnccc23)c1. The molecular weight excluding hydrogens is 241 g/mol. The molecule has 0 aliphatic heterocycles. The average Bonchev–Trinajstić information content (AvgIpc) is 2.47. The zero-order valence-electron chi connectivity index (χ0n) is 10.0. The molecule has 0 spiro atoms. The van der Waals surface area contributed by atoms with Gasteiger partial charge >= 0.3 is 0 Å². The molecule has 0 saturated heterocycles. The Kier molecular flexibility index (Phi) is 2.80. The van der Waals surface area contributed by atoms with E-state index in [-0.39, 0.29) is 5.82 Å². The van der Waals surface area contributed by atoms with Crippen LogP contribution in [0.2, 0.25) is 0 Å². The van der Waals surface area contributed by atoms with E-state index >= 15 is 0 Å².